The van der Waals surface area contributed by atoms with Crippen molar-refractivity contribution in [3.05, 3.63) is 35.4 Å². The topological polar surface area (TPSA) is 46.3 Å². The van der Waals surface area contributed by atoms with Gasteiger partial charge in [-0.2, -0.15) is 13.2 Å². The van der Waals surface area contributed by atoms with Gasteiger partial charge in [-0.25, -0.2) is 0 Å². The SMILES string of the molecule is NCCC1CCN(C(=O)c2ccccc2C(F)(F)F)CC1. The van der Waals surface area contributed by atoms with Gasteiger partial charge in [0, 0.05) is 13.1 Å². The van der Waals surface area contributed by atoms with Crippen molar-refractivity contribution in [1.29, 1.82) is 0 Å². The van der Waals surface area contributed by atoms with E-state index in [1.807, 2.05) is 0 Å². The van der Waals surface area contributed by atoms with E-state index in [-0.39, 0.29) is 5.56 Å². The zero-order chi connectivity index (χ0) is 15.5. The van der Waals surface area contributed by atoms with Crippen LogP contribution < -0.4 is 5.73 Å². The molecule has 0 atom stereocenters. The lowest BCUT2D eigenvalue weighted by atomic mass is 9.93. The van der Waals surface area contributed by atoms with Gasteiger partial charge in [-0.15, -0.1) is 0 Å². The number of hydrogen-bond donors (Lipinski definition) is 1. The fraction of sp³-hybridized carbons (Fsp3) is 0.533. The van der Waals surface area contributed by atoms with Crippen molar-refractivity contribution >= 4 is 5.91 Å². The molecular formula is C15H19F3N2O. The lowest BCUT2D eigenvalue weighted by Crippen LogP contribution is -2.39. The summed E-state index contributed by atoms with van der Waals surface area (Å²) >= 11 is 0. The predicted octanol–water partition coefficient (Wildman–Crippen LogP) is 2.91. The summed E-state index contributed by atoms with van der Waals surface area (Å²) in [7, 11) is 0. The molecule has 0 spiro atoms. The van der Waals surface area contributed by atoms with Crippen LogP contribution in [-0.4, -0.2) is 30.4 Å². The van der Waals surface area contributed by atoms with Crippen molar-refractivity contribution in [3.63, 3.8) is 0 Å². The van der Waals surface area contributed by atoms with E-state index in [0.29, 0.717) is 25.6 Å². The molecule has 2 rings (SSSR count). The van der Waals surface area contributed by atoms with Gasteiger partial charge < -0.3 is 10.6 Å². The van der Waals surface area contributed by atoms with Crippen molar-refractivity contribution in [3.8, 4) is 0 Å². The molecule has 0 aliphatic carbocycles. The maximum atomic E-state index is 13.0. The summed E-state index contributed by atoms with van der Waals surface area (Å²) < 4.78 is 38.9. The number of carbonyl (C=O) groups is 1. The summed E-state index contributed by atoms with van der Waals surface area (Å²) in [5.41, 5.74) is 4.38. The van der Waals surface area contributed by atoms with Gasteiger partial charge in [-0.05, 0) is 43.9 Å². The van der Waals surface area contributed by atoms with Crippen LogP contribution >= 0.6 is 0 Å². The van der Waals surface area contributed by atoms with E-state index in [2.05, 4.69) is 0 Å². The van der Waals surface area contributed by atoms with Gasteiger partial charge in [-0.3, -0.25) is 4.79 Å². The molecule has 116 valence electrons. The highest BCUT2D eigenvalue weighted by atomic mass is 19.4. The molecule has 0 radical (unpaired) electrons. The number of benzene rings is 1. The number of hydrogen-bond acceptors (Lipinski definition) is 2. The first-order chi connectivity index (χ1) is 9.93. The van der Waals surface area contributed by atoms with E-state index in [1.54, 1.807) is 0 Å². The largest absolute Gasteiger partial charge is 0.417 e. The third-order valence-electron chi connectivity index (χ3n) is 3.94. The molecule has 1 aromatic rings. The standard InChI is InChI=1S/C15H19F3N2O/c16-15(17,18)13-4-2-1-3-12(13)14(21)20-9-6-11(5-8-19)7-10-20/h1-4,11H,5-10,19H2. The Morgan fingerprint density at radius 2 is 1.86 bits per heavy atom. The lowest BCUT2D eigenvalue weighted by Gasteiger charge is -2.32. The van der Waals surface area contributed by atoms with Crippen molar-refractivity contribution in [1.82, 2.24) is 4.90 Å². The highest BCUT2D eigenvalue weighted by molar-refractivity contribution is 5.96. The zero-order valence-corrected chi connectivity index (χ0v) is 11.7. The summed E-state index contributed by atoms with van der Waals surface area (Å²) in [6, 6.07) is 4.96. The van der Waals surface area contributed by atoms with Gasteiger partial charge in [0.2, 0.25) is 0 Å². The van der Waals surface area contributed by atoms with Gasteiger partial charge >= 0.3 is 6.18 Å². The smallest absolute Gasteiger partial charge is 0.339 e. The molecular weight excluding hydrogens is 281 g/mol. The summed E-state index contributed by atoms with van der Waals surface area (Å²) in [4.78, 5) is 13.8. The molecule has 1 saturated heterocycles. The van der Waals surface area contributed by atoms with E-state index in [0.717, 1.165) is 25.3 Å². The van der Waals surface area contributed by atoms with Crippen LogP contribution in [0.5, 0.6) is 0 Å². The molecule has 1 aliphatic rings. The fourth-order valence-electron chi connectivity index (χ4n) is 2.75. The Labute approximate surface area is 121 Å². The number of amides is 1. The van der Waals surface area contributed by atoms with Crippen molar-refractivity contribution < 1.29 is 18.0 Å². The van der Waals surface area contributed by atoms with Gasteiger partial charge in [-0.1, -0.05) is 12.1 Å². The van der Waals surface area contributed by atoms with Crippen LogP contribution in [0.25, 0.3) is 0 Å². The average Bonchev–Trinajstić information content (AvgIpc) is 2.47. The van der Waals surface area contributed by atoms with Crippen LogP contribution in [-0.2, 0) is 6.18 Å². The minimum atomic E-state index is -4.51. The molecule has 0 bridgehead atoms. The Kier molecular flexibility index (Phi) is 4.88. The van der Waals surface area contributed by atoms with E-state index in [1.165, 1.54) is 23.1 Å². The van der Waals surface area contributed by atoms with Crippen LogP contribution in [0.2, 0.25) is 0 Å². The Morgan fingerprint density at radius 3 is 2.43 bits per heavy atom. The summed E-state index contributed by atoms with van der Waals surface area (Å²) in [5, 5.41) is 0. The Morgan fingerprint density at radius 1 is 1.24 bits per heavy atom. The third kappa shape index (κ3) is 3.75. The first-order valence-corrected chi connectivity index (χ1v) is 7.09. The average molecular weight is 300 g/mol. The lowest BCUT2D eigenvalue weighted by molar-refractivity contribution is -0.138. The van der Waals surface area contributed by atoms with Crippen molar-refractivity contribution in [2.24, 2.45) is 11.7 Å². The predicted molar refractivity (Wildman–Crippen MR) is 73.7 cm³/mol. The second-order valence-electron chi connectivity index (χ2n) is 5.36. The van der Waals surface area contributed by atoms with Crippen molar-refractivity contribution in [2.75, 3.05) is 19.6 Å². The molecule has 6 heteroatoms. The highest BCUT2D eigenvalue weighted by Gasteiger charge is 2.36. The number of piperidine rings is 1. The fourth-order valence-corrected chi connectivity index (χ4v) is 2.75. The monoisotopic (exact) mass is 300 g/mol. The Bertz CT molecular complexity index is 494. The molecule has 1 aromatic carbocycles. The molecule has 1 aliphatic heterocycles. The van der Waals surface area contributed by atoms with Crippen LogP contribution in [0.15, 0.2) is 24.3 Å². The highest BCUT2D eigenvalue weighted by Crippen LogP contribution is 2.33. The summed E-state index contributed by atoms with van der Waals surface area (Å²) in [6.45, 7) is 1.60. The Balaban J connectivity index is 2.12. The van der Waals surface area contributed by atoms with Gasteiger partial charge in [0.25, 0.3) is 5.91 Å². The van der Waals surface area contributed by atoms with Gasteiger partial charge in [0.15, 0.2) is 0 Å². The molecule has 1 heterocycles. The van der Waals surface area contributed by atoms with E-state index < -0.39 is 17.6 Å². The number of rotatable bonds is 3. The van der Waals surface area contributed by atoms with Gasteiger partial charge in [0.05, 0.1) is 11.1 Å². The Hall–Kier alpha value is -1.56. The number of likely N-dealkylation sites (tertiary alicyclic amines) is 1. The molecule has 0 aromatic heterocycles. The number of nitrogens with zero attached hydrogens (tertiary/aromatic N) is 1. The number of carbonyl (C=O) groups excluding carboxylic acids is 1. The van der Waals surface area contributed by atoms with Crippen LogP contribution in [0, 0.1) is 5.92 Å². The first-order valence-electron chi connectivity index (χ1n) is 7.09. The molecule has 1 fully saturated rings. The first kappa shape index (κ1) is 15.8. The normalized spacial score (nSPS) is 17.0. The summed E-state index contributed by atoms with van der Waals surface area (Å²) in [6.07, 6.45) is -2.00. The second kappa shape index (κ2) is 6.47. The van der Waals surface area contributed by atoms with Crippen LogP contribution in [0.3, 0.4) is 0 Å². The molecule has 0 unspecified atom stereocenters. The second-order valence-corrected chi connectivity index (χ2v) is 5.36. The third-order valence-corrected chi connectivity index (χ3v) is 3.94. The van der Waals surface area contributed by atoms with Crippen LogP contribution in [0.4, 0.5) is 13.2 Å². The minimum absolute atomic E-state index is 0.262. The molecule has 0 saturated carbocycles. The maximum absolute atomic E-state index is 13.0. The van der Waals surface area contributed by atoms with E-state index in [9.17, 15) is 18.0 Å². The van der Waals surface area contributed by atoms with Gasteiger partial charge in [0.1, 0.15) is 0 Å². The zero-order valence-electron chi connectivity index (χ0n) is 11.7. The number of alkyl halides is 3. The molecule has 1 amide bonds. The van der Waals surface area contributed by atoms with E-state index >= 15 is 0 Å². The molecule has 21 heavy (non-hydrogen) atoms. The minimum Gasteiger partial charge on any atom is -0.339 e. The number of halogens is 3. The van der Waals surface area contributed by atoms with E-state index in [4.69, 9.17) is 5.73 Å². The quantitative estimate of drug-likeness (QED) is 0.933. The molecule has 3 nitrogen and oxygen atoms in total. The number of nitrogens with two attached hydrogens (primary N) is 1. The molecule has 2 N–H and O–H groups in total. The maximum Gasteiger partial charge on any atom is 0.417 e. The van der Waals surface area contributed by atoms with Crippen molar-refractivity contribution in [2.45, 2.75) is 25.4 Å². The summed E-state index contributed by atoms with van der Waals surface area (Å²) in [5.74, 6) is -0.0639. The van der Waals surface area contributed by atoms with Crippen LogP contribution in [0.1, 0.15) is 35.2 Å².